The molecule has 0 spiro atoms. The van der Waals surface area contributed by atoms with Gasteiger partial charge >= 0.3 is 0 Å². The zero-order valence-electron chi connectivity index (χ0n) is 11.1. The van der Waals surface area contributed by atoms with E-state index in [1.165, 1.54) is 6.26 Å². The van der Waals surface area contributed by atoms with Crippen LogP contribution < -0.4 is 0 Å². The maximum atomic E-state index is 11.5. The summed E-state index contributed by atoms with van der Waals surface area (Å²) < 4.78 is 25.1. The lowest BCUT2D eigenvalue weighted by atomic mass is 10.2. The van der Waals surface area contributed by atoms with E-state index in [4.69, 9.17) is 11.6 Å². The highest BCUT2D eigenvalue weighted by atomic mass is 35.5. The van der Waals surface area contributed by atoms with Gasteiger partial charge < -0.3 is 4.57 Å². The van der Waals surface area contributed by atoms with E-state index in [0.29, 0.717) is 10.8 Å². The maximum Gasteiger partial charge on any atom is 0.175 e. The molecule has 1 aromatic heterocycles. The van der Waals surface area contributed by atoms with Crippen LogP contribution in [0.4, 0.5) is 0 Å². The van der Waals surface area contributed by atoms with E-state index in [1.54, 1.807) is 12.1 Å². The SMILES string of the molecule is Cn1c(CCCCCl)nc2cc(S(C)(=O)=O)ccc21. The fourth-order valence-corrected chi connectivity index (χ4v) is 2.89. The Labute approximate surface area is 118 Å². The van der Waals surface area contributed by atoms with Gasteiger partial charge in [0.15, 0.2) is 9.84 Å². The van der Waals surface area contributed by atoms with Gasteiger partial charge in [-0.1, -0.05) is 0 Å². The summed E-state index contributed by atoms with van der Waals surface area (Å²) in [5, 5.41) is 0. The van der Waals surface area contributed by atoms with Crippen molar-refractivity contribution in [2.24, 2.45) is 7.05 Å². The Morgan fingerprint density at radius 3 is 2.68 bits per heavy atom. The third-order valence-corrected chi connectivity index (χ3v) is 4.53. The van der Waals surface area contributed by atoms with E-state index in [1.807, 2.05) is 17.7 Å². The number of aryl methyl sites for hydroxylation is 2. The van der Waals surface area contributed by atoms with Crippen molar-refractivity contribution in [2.75, 3.05) is 12.1 Å². The molecule has 0 aliphatic heterocycles. The third-order valence-electron chi connectivity index (χ3n) is 3.16. The first-order valence-electron chi connectivity index (χ1n) is 6.15. The molecule has 1 heterocycles. The highest BCUT2D eigenvalue weighted by Gasteiger charge is 2.12. The quantitative estimate of drug-likeness (QED) is 0.630. The van der Waals surface area contributed by atoms with Crippen molar-refractivity contribution < 1.29 is 8.42 Å². The number of halogens is 1. The van der Waals surface area contributed by atoms with Crippen molar-refractivity contribution in [3.8, 4) is 0 Å². The van der Waals surface area contributed by atoms with E-state index in [0.717, 1.165) is 36.1 Å². The topological polar surface area (TPSA) is 52.0 Å². The number of hydrogen-bond acceptors (Lipinski definition) is 3. The monoisotopic (exact) mass is 300 g/mol. The van der Waals surface area contributed by atoms with Gasteiger partial charge in [0.05, 0.1) is 15.9 Å². The van der Waals surface area contributed by atoms with Gasteiger partial charge in [0.2, 0.25) is 0 Å². The fraction of sp³-hybridized carbons (Fsp3) is 0.462. The van der Waals surface area contributed by atoms with E-state index < -0.39 is 9.84 Å². The third kappa shape index (κ3) is 3.09. The normalized spacial score (nSPS) is 12.2. The second kappa shape index (κ2) is 5.51. The number of hydrogen-bond donors (Lipinski definition) is 0. The lowest BCUT2D eigenvalue weighted by molar-refractivity contribution is 0.602. The average molecular weight is 301 g/mol. The molecular formula is C13H17ClN2O2S. The van der Waals surface area contributed by atoms with Crippen molar-refractivity contribution >= 4 is 32.5 Å². The summed E-state index contributed by atoms with van der Waals surface area (Å²) in [6.07, 6.45) is 4.00. The van der Waals surface area contributed by atoms with Crippen LogP contribution >= 0.6 is 11.6 Å². The molecule has 2 aromatic rings. The number of fused-ring (bicyclic) bond motifs is 1. The van der Waals surface area contributed by atoms with Gasteiger partial charge in [0.25, 0.3) is 0 Å². The lowest BCUT2D eigenvalue weighted by Gasteiger charge is -2.01. The summed E-state index contributed by atoms with van der Waals surface area (Å²) in [5.74, 6) is 1.62. The number of sulfone groups is 1. The first kappa shape index (κ1) is 14.3. The fourth-order valence-electron chi connectivity index (χ4n) is 2.06. The molecule has 0 bridgehead atoms. The van der Waals surface area contributed by atoms with Crippen molar-refractivity contribution in [3.63, 3.8) is 0 Å². The summed E-state index contributed by atoms with van der Waals surface area (Å²) >= 11 is 5.66. The Kier molecular flexibility index (Phi) is 4.16. The van der Waals surface area contributed by atoms with Gasteiger partial charge in [0, 0.05) is 25.6 Å². The molecule has 104 valence electrons. The van der Waals surface area contributed by atoms with Crippen LogP contribution in [0, 0.1) is 0 Å². The maximum absolute atomic E-state index is 11.5. The smallest absolute Gasteiger partial charge is 0.175 e. The average Bonchev–Trinajstić information content (AvgIpc) is 2.65. The first-order chi connectivity index (χ1) is 8.93. The van der Waals surface area contributed by atoms with Gasteiger partial charge in [-0.2, -0.15) is 0 Å². The van der Waals surface area contributed by atoms with Crippen molar-refractivity contribution in [1.29, 1.82) is 0 Å². The van der Waals surface area contributed by atoms with Crippen LogP contribution in [0.25, 0.3) is 11.0 Å². The molecule has 0 fully saturated rings. The Bertz CT molecular complexity index is 692. The molecule has 0 aliphatic rings. The molecule has 1 aromatic carbocycles. The number of imidazole rings is 1. The van der Waals surface area contributed by atoms with Crippen LogP contribution in [0.15, 0.2) is 23.1 Å². The Morgan fingerprint density at radius 2 is 2.05 bits per heavy atom. The Hall–Kier alpha value is -1.07. The van der Waals surface area contributed by atoms with E-state index in [-0.39, 0.29) is 0 Å². The molecule has 2 rings (SSSR count). The molecule has 0 N–H and O–H groups in total. The zero-order valence-corrected chi connectivity index (χ0v) is 12.6. The van der Waals surface area contributed by atoms with Crippen LogP contribution in [0.3, 0.4) is 0 Å². The van der Waals surface area contributed by atoms with Gasteiger partial charge in [-0.25, -0.2) is 13.4 Å². The second-order valence-corrected chi connectivity index (χ2v) is 7.05. The van der Waals surface area contributed by atoms with E-state index >= 15 is 0 Å². The molecule has 0 aliphatic carbocycles. The number of rotatable bonds is 5. The Balaban J connectivity index is 2.40. The number of alkyl halides is 1. The highest BCUT2D eigenvalue weighted by Crippen LogP contribution is 2.20. The lowest BCUT2D eigenvalue weighted by Crippen LogP contribution is -1.98. The van der Waals surface area contributed by atoms with Crippen LogP contribution in [-0.2, 0) is 23.3 Å². The van der Waals surface area contributed by atoms with Gasteiger partial charge in [-0.05, 0) is 31.0 Å². The van der Waals surface area contributed by atoms with Crippen molar-refractivity contribution in [3.05, 3.63) is 24.0 Å². The van der Waals surface area contributed by atoms with Crippen LogP contribution in [0.1, 0.15) is 18.7 Å². The molecule has 0 amide bonds. The zero-order chi connectivity index (χ0) is 14.0. The second-order valence-electron chi connectivity index (χ2n) is 4.66. The van der Waals surface area contributed by atoms with Gasteiger partial charge in [0.1, 0.15) is 5.82 Å². The van der Waals surface area contributed by atoms with Gasteiger partial charge in [-0.3, -0.25) is 0 Å². The number of aromatic nitrogens is 2. The highest BCUT2D eigenvalue weighted by molar-refractivity contribution is 7.90. The summed E-state index contributed by atoms with van der Waals surface area (Å²) in [6, 6.07) is 5.07. The minimum absolute atomic E-state index is 0.311. The van der Waals surface area contributed by atoms with Gasteiger partial charge in [-0.15, -0.1) is 11.6 Å². The molecule has 0 saturated carbocycles. The Morgan fingerprint density at radius 1 is 1.32 bits per heavy atom. The summed E-state index contributed by atoms with van der Waals surface area (Å²) in [4.78, 5) is 4.82. The van der Waals surface area contributed by atoms with Crippen molar-refractivity contribution in [2.45, 2.75) is 24.2 Å². The minimum Gasteiger partial charge on any atom is -0.331 e. The molecule has 0 radical (unpaired) electrons. The predicted octanol–water partition coefficient (Wildman–Crippen LogP) is 2.54. The number of nitrogens with zero attached hydrogens (tertiary/aromatic N) is 2. The molecule has 19 heavy (non-hydrogen) atoms. The molecular weight excluding hydrogens is 284 g/mol. The van der Waals surface area contributed by atoms with E-state index in [2.05, 4.69) is 4.98 Å². The summed E-state index contributed by atoms with van der Waals surface area (Å²) in [7, 11) is -1.24. The molecule has 6 heteroatoms. The first-order valence-corrected chi connectivity index (χ1v) is 8.57. The molecule has 0 saturated heterocycles. The van der Waals surface area contributed by atoms with E-state index in [9.17, 15) is 8.42 Å². The van der Waals surface area contributed by atoms with Crippen molar-refractivity contribution in [1.82, 2.24) is 9.55 Å². The molecule has 0 atom stereocenters. The molecule has 4 nitrogen and oxygen atoms in total. The summed E-state index contributed by atoms with van der Waals surface area (Å²) in [6.45, 7) is 0. The summed E-state index contributed by atoms with van der Waals surface area (Å²) in [5.41, 5.74) is 1.68. The predicted molar refractivity (Wildman–Crippen MR) is 77.5 cm³/mol. The largest absolute Gasteiger partial charge is 0.331 e. The van der Waals surface area contributed by atoms with Crippen LogP contribution in [-0.4, -0.2) is 30.1 Å². The van der Waals surface area contributed by atoms with Crippen LogP contribution in [0.2, 0.25) is 0 Å². The van der Waals surface area contributed by atoms with Crippen LogP contribution in [0.5, 0.6) is 0 Å². The molecule has 0 unspecified atom stereocenters. The number of unbranched alkanes of at least 4 members (excludes halogenated alkanes) is 1. The minimum atomic E-state index is -3.19. The number of benzene rings is 1. The standard InChI is InChI=1S/C13H17ClN2O2S/c1-16-12-7-6-10(19(2,17)18)9-11(12)15-13(16)5-3-4-8-14/h6-7,9H,3-5,8H2,1-2H3.